The van der Waals surface area contributed by atoms with Crippen molar-refractivity contribution in [2.24, 2.45) is 0 Å². The van der Waals surface area contributed by atoms with Crippen LogP contribution in [0.5, 0.6) is 0 Å². The fourth-order valence-electron chi connectivity index (χ4n) is 1.46. The van der Waals surface area contributed by atoms with Gasteiger partial charge in [-0.15, -0.1) is 11.3 Å². The molecule has 0 aromatic carbocycles. The number of hydrogen-bond acceptors (Lipinski definition) is 3. The Bertz CT molecular complexity index is 322. The van der Waals surface area contributed by atoms with Crippen LogP contribution in [0.4, 0.5) is 0 Å². The normalized spacial score (nSPS) is 12.8. The second kappa shape index (κ2) is 6.01. The molecule has 0 bridgehead atoms. The summed E-state index contributed by atoms with van der Waals surface area (Å²) < 4.78 is 0. The van der Waals surface area contributed by atoms with Gasteiger partial charge in [0.2, 0.25) is 5.91 Å². The molecule has 1 aromatic heterocycles. The van der Waals surface area contributed by atoms with Crippen LogP contribution in [0.3, 0.4) is 0 Å². The highest BCUT2D eigenvalue weighted by atomic mass is 32.1. The smallest absolute Gasteiger partial charge is 0.239 e. The number of amides is 1. The number of carbonyl (C=O) groups excluding carboxylic acids is 1. The van der Waals surface area contributed by atoms with E-state index in [0.29, 0.717) is 6.54 Å². The maximum atomic E-state index is 12.1. The SMILES string of the molecule is CNC(C)C(=O)N(Cc1cccs1)C(C)C. The van der Waals surface area contributed by atoms with Gasteiger partial charge in [-0.1, -0.05) is 6.07 Å². The lowest BCUT2D eigenvalue weighted by Gasteiger charge is -2.28. The van der Waals surface area contributed by atoms with Crippen LogP contribution in [-0.4, -0.2) is 29.9 Å². The minimum absolute atomic E-state index is 0.123. The molecule has 90 valence electrons. The van der Waals surface area contributed by atoms with Gasteiger partial charge in [0.15, 0.2) is 0 Å². The summed E-state index contributed by atoms with van der Waals surface area (Å²) in [7, 11) is 1.81. The molecular formula is C12H20N2OS. The van der Waals surface area contributed by atoms with Crippen molar-refractivity contribution in [3.63, 3.8) is 0 Å². The molecule has 1 aromatic rings. The zero-order chi connectivity index (χ0) is 12.1. The average molecular weight is 240 g/mol. The average Bonchev–Trinajstić information content (AvgIpc) is 2.76. The minimum atomic E-state index is -0.123. The molecular weight excluding hydrogens is 220 g/mol. The van der Waals surface area contributed by atoms with Crippen molar-refractivity contribution in [2.75, 3.05) is 7.05 Å². The van der Waals surface area contributed by atoms with Crippen LogP contribution in [0.2, 0.25) is 0 Å². The summed E-state index contributed by atoms with van der Waals surface area (Å²) in [6.07, 6.45) is 0. The summed E-state index contributed by atoms with van der Waals surface area (Å²) >= 11 is 1.69. The number of rotatable bonds is 5. The van der Waals surface area contributed by atoms with E-state index in [4.69, 9.17) is 0 Å². The quantitative estimate of drug-likeness (QED) is 0.855. The highest BCUT2D eigenvalue weighted by Gasteiger charge is 2.21. The fraction of sp³-hybridized carbons (Fsp3) is 0.583. The number of likely N-dealkylation sites (N-methyl/N-ethyl adjacent to an activating group) is 1. The molecule has 1 N–H and O–H groups in total. The molecule has 0 radical (unpaired) electrons. The molecule has 1 atom stereocenters. The predicted molar refractivity (Wildman–Crippen MR) is 68.5 cm³/mol. The van der Waals surface area contributed by atoms with Gasteiger partial charge in [-0.2, -0.15) is 0 Å². The number of nitrogens with one attached hydrogen (secondary N) is 1. The van der Waals surface area contributed by atoms with Gasteiger partial charge in [0, 0.05) is 10.9 Å². The lowest BCUT2D eigenvalue weighted by atomic mass is 10.2. The van der Waals surface area contributed by atoms with Gasteiger partial charge in [-0.05, 0) is 39.3 Å². The Hall–Kier alpha value is -0.870. The van der Waals surface area contributed by atoms with E-state index < -0.39 is 0 Å². The van der Waals surface area contributed by atoms with Gasteiger partial charge in [0.05, 0.1) is 12.6 Å². The fourth-order valence-corrected chi connectivity index (χ4v) is 2.16. The second-order valence-corrected chi connectivity index (χ2v) is 5.18. The molecule has 0 saturated carbocycles. The molecule has 0 aliphatic heterocycles. The Kier molecular flexibility index (Phi) is 4.96. The second-order valence-electron chi connectivity index (χ2n) is 4.15. The van der Waals surface area contributed by atoms with Crippen molar-refractivity contribution in [1.29, 1.82) is 0 Å². The summed E-state index contributed by atoms with van der Waals surface area (Å²) in [4.78, 5) is 15.2. The van der Waals surface area contributed by atoms with Crippen LogP contribution in [0.1, 0.15) is 25.6 Å². The first-order valence-electron chi connectivity index (χ1n) is 5.56. The van der Waals surface area contributed by atoms with Gasteiger partial charge in [0.1, 0.15) is 0 Å². The third kappa shape index (κ3) is 3.32. The Balaban J connectivity index is 2.71. The Morgan fingerprint density at radius 3 is 2.62 bits per heavy atom. The van der Waals surface area contributed by atoms with Crippen molar-refractivity contribution >= 4 is 17.2 Å². The molecule has 1 amide bonds. The third-order valence-corrected chi connectivity index (χ3v) is 3.48. The van der Waals surface area contributed by atoms with E-state index in [1.165, 1.54) is 4.88 Å². The van der Waals surface area contributed by atoms with Crippen molar-refractivity contribution in [2.45, 2.75) is 39.4 Å². The van der Waals surface area contributed by atoms with E-state index in [0.717, 1.165) is 0 Å². The molecule has 0 saturated heterocycles. The molecule has 0 spiro atoms. The standard InChI is InChI=1S/C12H20N2OS/c1-9(2)14(12(15)10(3)13-4)8-11-6-5-7-16-11/h5-7,9-10,13H,8H2,1-4H3. The van der Waals surface area contributed by atoms with Crippen molar-refractivity contribution in [3.8, 4) is 0 Å². The van der Waals surface area contributed by atoms with Gasteiger partial charge in [-0.25, -0.2) is 0 Å². The molecule has 0 fully saturated rings. The number of nitrogens with zero attached hydrogens (tertiary/aromatic N) is 1. The minimum Gasteiger partial charge on any atom is -0.334 e. The van der Waals surface area contributed by atoms with Gasteiger partial charge < -0.3 is 10.2 Å². The summed E-state index contributed by atoms with van der Waals surface area (Å²) in [6.45, 7) is 6.70. The van der Waals surface area contributed by atoms with Crippen LogP contribution in [0.25, 0.3) is 0 Å². The Morgan fingerprint density at radius 1 is 1.50 bits per heavy atom. The molecule has 3 nitrogen and oxygen atoms in total. The molecule has 16 heavy (non-hydrogen) atoms. The molecule has 1 rings (SSSR count). The summed E-state index contributed by atoms with van der Waals surface area (Å²) in [6, 6.07) is 4.19. The Labute approximate surface area is 101 Å². The van der Waals surface area contributed by atoms with Crippen molar-refractivity contribution < 1.29 is 4.79 Å². The number of thiophene rings is 1. The zero-order valence-electron chi connectivity index (χ0n) is 10.4. The predicted octanol–water partition coefficient (Wildman–Crippen LogP) is 2.09. The van der Waals surface area contributed by atoms with E-state index in [1.807, 2.05) is 44.2 Å². The molecule has 1 heterocycles. The molecule has 0 aliphatic carbocycles. The van der Waals surface area contributed by atoms with Gasteiger partial charge in [-0.3, -0.25) is 4.79 Å². The summed E-state index contributed by atoms with van der Waals surface area (Å²) in [5, 5.41) is 5.03. The highest BCUT2D eigenvalue weighted by Crippen LogP contribution is 2.14. The van der Waals surface area contributed by atoms with E-state index in [9.17, 15) is 4.79 Å². The lowest BCUT2D eigenvalue weighted by molar-refractivity contribution is -0.135. The summed E-state index contributed by atoms with van der Waals surface area (Å²) in [5.41, 5.74) is 0. The number of hydrogen-bond donors (Lipinski definition) is 1. The monoisotopic (exact) mass is 240 g/mol. The van der Waals surface area contributed by atoms with Crippen LogP contribution < -0.4 is 5.32 Å². The maximum absolute atomic E-state index is 12.1. The molecule has 4 heteroatoms. The first-order chi connectivity index (χ1) is 7.56. The lowest BCUT2D eigenvalue weighted by Crippen LogP contribution is -2.46. The van der Waals surface area contributed by atoms with Crippen molar-refractivity contribution in [3.05, 3.63) is 22.4 Å². The number of carbonyl (C=O) groups is 1. The van der Waals surface area contributed by atoms with E-state index in [-0.39, 0.29) is 18.0 Å². The van der Waals surface area contributed by atoms with Gasteiger partial charge >= 0.3 is 0 Å². The summed E-state index contributed by atoms with van der Waals surface area (Å²) in [5.74, 6) is 0.158. The first kappa shape index (κ1) is 13.2. The van der Waals surface area contributed by atoms with E-state index in [1.54, 1.807) is 11.3 Å². The van der Waals surface area contributed by atoms with Crippen LogP contribution in [0.15, 0.2) is 17.5 Å². The maximum Gasteiger partial charge on any atom is 0.239 e. The Morgan fingerprint density at radius 2 is 2.19 bits per heavy atom. The van der Waals surface area contributed by atoms with Gasteiger partial charge in [0.25, 0.3) is 0 Å². The topological polar surface area (TPSA) is 32.3 Å². The van der Waals surface area contributed by atoms with Crippen LogP contribution in [-0.2, 0) is 11.3 Å². The van der Waals surface area contributed by atoms with E-state index >= 15 is 0 Å². The third-order valence-electron chi connectivity index (χ3n) is 2.62. The van der Waals surface area contributed by atoms with Crippen molar-refractivity contribution in [1.82, 2.24) is 10.2 Å². The zero-order valence-corrected chi connectivity index (χ0v) is 11.2. The molecule has 1 unspecified atom stereocenters. The van der Waals surface area contributed by atoms with Crippen LogP contribution >= 0.6 is 11.3 Å². The molecule has 0 aliphatic rings. The van der Waals surface area contributed by atoms with E-state index in [2.05, 4.69) is 11.4 Å². The van der Waals surface area contributed by atoms with Crippen LogP contribution in [0, 0.1) is 0 Å². The first-order valence-corrected chi connectivity index (χ1v) is 6.44. The highest BCUT2D eigenvalue weighted by molar-refractivity contribution is 7.09. The largest absolute Gasteiger partial charge is 0.334 e.